The van der Waals surface area contributed by atoms with Crippen LogP contribution in [0.5, 0.6) is 5.75 Å². The molecule has 0 amide bonds. The van der Waals surface area contributed by atoms with Crippen LogP contribution in [0, 0.1) is 11.6 Å². The smallest absolute Gasteiger partial charge is 0.401 e. The molecule has 2 aliphatic heterocycles. The third-order valence-electron chi connectivity index (χ3n) is 6.29. The first-order valence-electron chi connectivity index (χ1n) is 10.6. The van der Waals surface area contributed by atoms with Crippen molar-refractivity contribution in [2.45, 2.75) is 43.2 Å². The average molecular weight is 490 g/mol. The maximum Gasteiger partial charge on any atom is 0.401 e. The molecular formula is C23H24F5NO3S. The lowest BCUT2D eigenvalue weighted by Crippen LogP contribution is -2.51. The van der Waals surface area contributed by atoms with Crippen LogP contribution in [0.15, 0.2) is 30.3 Å². The summed E-state index contributed by atoms with van der Waals surface area (Å²) >= 11 is 0. The number of ether oxygens (including phenoxy) is 1. The molecule has 0 bridgehead atoms. The molecule has 4 nitrogen and oxygen atoms in total. The Hall–Kier alpha value is -2.20. The molecule has 0 unspecified atom stereocenters. The minimum Gasteiger partial charge on any atom is -0.487 e. The lowest BCUT2D eigenvalue weighted by atomic mass is 9.82. The van der Waals surface area contributed by atoms with Gasteiger partial charge in [-0.05, 0) is 66.6 Å². The molecule has 2 aromatic carbocycles. The Balaban J connectivity index is 1.50. The van der Waals surface area contributed by atoms with Gasteiger partial charge < -0.3 is 4.74 Å². The molecule has 1 spiro atoms. The highest BCUT2D eigenvalue weighted by molar-refractivity contribution is 7.89. The third-order valence-corrected chi connectivity index (χ3v) is 7.10. The number of likely N-dealkylation sites (tertiary alicyclic amines) is 1. The van der Waals surface area contributed by atoms with Crippen molar-refractivity contribution in [3.8, 4) is 16.9 Å². The van der Waals surface area contributed by atoms with E-state index in [9.17, 15) is 30.4 Å². The minimum absolute atomic E-state index is 0.283. The second-order valence-electron chi connectivity index (χ2n) is 8.99. The van der Waals surface area contributed by atoms with Gasteiger partial charge in [-0.25, -0.2) is 17.2 Å². The summed E-state index contributed by atoms with van der Waals surface area (Å²) in [6.45, 7) is -0.296. The van der Waals surface area contributed by atoms with E-state index in [0.29, 0.717) is 50.1 Å². The van der Waals surface area contributed by atoms with Crippen LogP contribution in [0.4, 0.5) is 22.0 Å². The lowest BCUT2D eigenvalue weighted by Gasteiger charge is -2.44. The Bertz CT molecular complexity index is 1130. The minimum atomic E-state index is -4.22. The van der Waals surface area contributed by atoms with Crippen LogP contribution in [-0.4, -0.2) is 51.0 Å². The Morgan fingerprint density at radius 1 is 1.00 bits per heavy atom. The molecule has 2 heterocycles. The number of aryl methyl sites for hydroxylation is 1. The summed E-state index contributed by atoms with van der Waals surface area (Å²) in [7, 11) is -3.59. The molecule has 4 rings (SSSR count). The van der Waals surface area contributed by atoms with Crippen LogP contribution in [0.2, 0.25) is 0 Å². The number of fused-ring (bicyclic) bond motifs is 1. The van der Waals surface area contributed by atoms with E-state index >= 15 is 0 Å². The second kappa shape index (κ2) is 8.54. The number of hydrogen-bond acceptors (Lipinski definition) is 4. The van der Waals surface area contributed by atoms with Gasteiger partial charge in [0.1, 0.15) is 23.0 Å². The molecule has 1 saturated heterocycles. The van der Waals surface area contributed by atoms with Gasteiger partial charge >= 0.3 is 6.18 Å². The van der Waals surface area contributed by atoms with Gasteiger partial charge in [-0.1, -0.05) is 6.07 Å². The molecular weight excluding hydrogens is 465 g/mol. The number of piperidine rings is 1. The normalized spacial score (nSPS) is 18.7. The van der Waals surface area contributed by atoms with E-state index < -0.39 is 51.1 Å². The van der Waals surface area contributed by atoms with E-state index in [1.54, 1.807) is 18.2 Å². The van der Waals surface area contributed by atoms with Crippen molar-refractivity contribution >= 4 is 9.84 Å². The van der Waals surface area contributed by atoms with Crippen LogP contribution >= 0.6 is 0 Å². The molecule has 2 aromatic rings. The van der Waals surface area contributed by atoms with E-state index in [1.807, 2.05) is 0 Å². The number of halogens is 5. The van der Waals surface area contributed by atoms with Gasteiger partial charge in [-0.2, -0.15) is 13.2 Å². The number of benzene rings is 2. The van der Waals surface area contributed by atoms with Crippen molar-refractivity contribution < 1.29 is 35.1 Å². The third kappa shape index (κ3) is 5.66. The largest absolute Gasteiger partial charge is 0.487 e. The van der Waals surface area contributed by atoms with Crippen molar-refractivity contribution in [1.82, 2.24) is 4.90 Å². The van der Waals surface area contributed by atoms with Gasteiger partial charge in [-0.3, -0.25) is 4.90 Å². The van der Waals surface area contributed by atoms with Gasteiger partial charge in [0, 0.05) is 24.9 Å². The Morgan fingerprint density at radius 2 is 1.64 bits per heavy atom. The monoisotopic (exact) mass is 489 g/mol. The summed E-state index contributed by atoms with van der Waals surface area (Å²) in [6, 6.07) is 7.40. The predicted molar refractivity (Wildman–Crippen MR) is 114 cm³/mol. The summed E-state index contributed by atoms with van der Waals surface area (Å²) in [5.74, 6) is -1.93. The number of hydrogen-bond donors (Lipinski definition) is 0. The molecule has 0 N–H and O–H groups in total. The highest BCUT2D eigenvalue weighted by Crippen LogP contribution is 2.41. The van der Waals surface area contributed by atoms with Crippen LogP contribution in [0.3, 0.4) is 0 Å². The van der Waals surface area contributed by atoms with Gasteiger partial charge in [-0.15, -0.1) is 0 Å². The van der Waals surface area contributed by atoms with E-state index in [0.717, 1.165) is 24.0 Å². The summed E-state index contributed by atoms with van der Waals surface area (Å²) in [5.41, 5.74) is 0.725. The van der Waals surface area contributed by atoms with Crippen LogP contribution in [-0.2, 0) is 22.0 Å². The van der Waals surface area contributed by atoms with E-state index in [4.69, 9.17) is 4.74 Å². The zero-order valence-electron chi connectivity index (χ0n) is 18.0. The second-order valence-corrected chi connectivity index (χ2v) is 11.1. The first-order chi connectivity index (χ1) is 15.3. The van der Waals surface area contributed by atoms with Gasteiger partial charge in [0.15, 0.2) is 9.84 Å². The molecule has 1 fully saturated rings. The fraction of sp³-hybridized carbons (Fsp3) is 0.478. The summed E-state index contributed by atoms with van der Waals surface area (Å²) < 4.78 is 95.9. The van der Waals surface area contributed by atoms with Crippen molar-refractivity contribution in [3.05, 3.63) is 53.1 Å². The first-order valence-corrected chi connectivity index (χ1v) is 12.7. The van der Waals surface area contributed by atoms with Crippen LogP contribution < -0.4 is 4.74 Å². The van der Waals surface area contributed by atoms with Gasteiger partial charge in [0.05, 0.1) is 12.3 Å². The summed E-state index contributed by atoms with van der Waals surface area (Å²) in [4.78, 5) is 1.39. The van der Waals surface area contributed by atoms with Crippen molar-refractivity contribution in [2.75, 3.05) is 25.9 Å². The fourth-order valence-corrected chi connectivity index (χ4v) is 5.39. The fourth-order valence-electron chi connectivity index (χ4n) is 4.59. The number of alkyl halides is 3. The topological polar surface area (TPSA) is 46.6 Å². The number of sulfone groups is 1. The maximum atomic E-state index is 14.4. The SMILES string of the molecule is CS(=O)(=O)Cc1c(F)cc(-c2ccc3c(c2)CCC2(CCN(CC(F)(F)F)CC2)O3)cc1F. The van der Waals surface area contributed by atoms with Crippen molar-refractivity contribution in [3.63, 3.8) is 0 Å². The molecule has 0 aromatic heterocycles. The van der Waals surface area contributed by atoms with Crippen LogP contribution in [0.25, 0.3) is 11.1 Å². The lowest BCUT2D eigenvalue weighted by molar-refractivity contribution is -0.153. The first kappa shape index (κ1) is 23.9. The zero-order chi connectivity index (χ0) is 24.0. The Labute approximate surface area is 189 Å². The molecule has 33 heavy (non-hydrogen) atoms. The highest BCUT2D eigenvalue weighted by atomic mass is 32.2. The van der Waals surface area contributed by atoms with E-state index in [-0.39, 0.29) is 5.56 Å². The van der Waals surface area contributed by atoms with Crippen LogP contribution in [0.1, 0.15) is 30.4 Å². The Kier molecular flexibility index (Phi) is 6.20. The standard InChI is InChI=1S/C23H24F5NO3S/c1-33(30,31)13-18-19(24)11-17(12-20(18)25)15-2-3-21-16(10-15)4-5-22(32-21)6-8-29(9-7-22)14-23(26,27)28/h2-3,10-12H,4-9,13-14H2,1H3. The van der Waals surface area contributed by atoms with Gasteiger partial charge in [0.2, 0.25) is 0 Å². The number of rotatable bonds is 4. The summed E-state index contributed by atoms with van der Waals surface area (Å²) in [6.07, 6.45) is -1.01. The van der Waals surface area contributed by atoms with E-state index in [1.165, 1.54) is 4.90 Å². The predicted octanol–water partition coefficient (Wildman–Crippen LogP) is 4.90. The van der Waals surface area contributed by atoms with Crippen molar-refractivity contribution in [2.24, 2.45) is 0 Å². The summed E-state index contributed by atoms with van der Waals surface area (Å²) in [5, 5.41) is 0. The number of nitrogens with zero attached hydrogens (tertiary/aromatic N) is 1. The molecule has 0 aliphatic carbocycles. The molecule has 0 saturated carbocycles. The molecule has 0 atom stereocenters. The molecule has 0 radical (unpaired) electrons. The van der Waals surface area contributed by atoms with E-state index in [2.05, 4.69) is 0 Å². The molecule has 180 valence electrons. The quantitative estimate of drug-likeness (QED) is 0.574. The zero-order valence-corrected chi connectivity index (χ0v) is 18.8. The maximum absolute atomic E-state index is 14.4. The Morgan fingerprint density at radius 3 is 2.21 bits per heavy atom. The van der Waals surface area contributed by atoms with Crippen molar-refractivity contribution in [1.29, 1.82) is 0 Å². The molecule has 2 aliphatic rings. The average Bonchev–Trinajstić information content (AvgIpc) is 2.70. The molecule has 10 heteroatoms. The van der Waals surface area contributed by atoms with Gasteiger partial charge in [0.25, 0.3) is 0 Å². The highest BCUT2D eigenvalue weighted by Gasteiger charge is 2.41.